The van der Waals surface area contributed by atoms with Crippen LogP contribution in [0.5, 0.6) is 11.5 Å². The molecule has 4 nitrogen and oxygen atoms in total. The summed E-state index contributed by atoms with van der Waals surface area (Å²) in [6.45, 7) is 8.17. The topological polar surface area (TPSA) is 57.3 Å². The van der Waals surface area contributed by atoms with Crippen molar-refractivity contribution >= 4 is 5.91 Å². The fourth-order valence-corrected chi connectivity index (χ4v) is 3.62. The van der Waals surface area contributed by atoms with E-state index < -0.39 is 5.91 Å². The highest BCUT2D eigenvalue weighted by atomic mass is 16.5. The molecular weight excluding hydrogens is 324 g/mol. The molecule has 26 heavy (non-hydrogen) atoms. The molecule has 0 saturated carbocycles. The van der Waals surface area contributed by atoms with E-state index in [4.69, 9.17) is 10.5 Å². The molecule has 0 aliphatic heterocycles. The van der Waals surface area contributed by atoms with Crippen molar-refractivity contribution in [3.05, 3.63) is 71.5 Å². The summed E-state index contributed by atoms with van der Waals surface area (Å²) in [5.41, 5.74) is 10.0. The number of amides is 1. The lowest BCUT2D eigenvalue weighted by Crippen LogP contribution is -2.14. The van der Waals surface area contributed by atoms with Crippen molar-refractivity contribution in [1.29, 1.82) is 0 Å². The molecule has 0 bridgehead atoms. The van der Waals surface area contributed by atoms with Gasteiger partial charge in [0, 0.05) is 23.0 Å². The van der Waals surface area contributed by atoms with Gasteiger partial charge in [-0.1, -0.05) is 30.3 Å². The Labute approximate surface area is 154 Å². The van der Waals surface area contributed by atoms with Gasteiger partial charge >= 0.3 is 0 Å². The molecule has 3 rings (SSSR count). The van der Waals surface area contributed by atoms with E-state index in [1.807, 2.05) is 68.4 Å². The highest BCUT2D eigenvalue weighted by Gasteiger charge is 2.23. The molecule has 0 saturated heterocycles. The summed E-state index contributed by atoms with van der Waals surface area (Å²) < 4.78 is 8.10. The molecule has 1 aromatic heterocycles. The molecule has 0 aliphatic rings. The third-order valence-corrected chi connectivity index (χ3v) is 4.56. The number of hydrogen-bond acceptors (Lipinski definition) is 2. The van der Waals surface area contributed by atoms with Gasteiger partial charge in [0.2, 0.25) is 0 Å². The molecule has 0 aliphatic carbocycles. The minimum absolute atomic E-state index is 0.241. The first-order valence-electron chi connectivity index (χ1n) is 8.74. The summed E-state index contributed by atoms with van der Waals surface area (Å²) in [6.07, 6.45) is 0. The van der Waals surface area contributed by atoms with Crippen LogP contribution in [0, 0.1) is 13.8 Å². The van der Waals surface area contributed by atoms with E-state index in [0.29, 0.717) is 5.56 Å². The Balaban J connectivity index is 2.11. The smallest absolute Gasteiger partial charge is 0.251 e. The number of benzene rings is 2. The number of para-hydroxylation sites is 1. The van der Waals surface area contributed by atoms with E-state index >= 15 is 0 Å². The largest absolute Gasteiger partial charge is 0.457 e. The first kappa shape index (κ1) is 17.8. The molecule has 2 N–H and O–H groups in total. The van der Waals surface area contributed by atoms with Gasteiger partial charge in [-0.2, -0.15) is 0 Å². The zero-order chi connectivity index (χ0) is 18.8. The third-order valence-electron chi connectivity index (χ3n) is 4.56. The first-order chi connectivity index (χ1) is 12.4. The SMILES string of the molecule is Cc1c(C(N)=O)c(-c2cccc(Oc3ccccc3)c2)c(C)n1C(C)C. The Hall–Kier alpha value is -3.01. The predicted octanol–water partition coefficient (Wildman–Crippen LogP) is 5.24. The lowest BCUT2D eigenvalue weighted by Gasteiger charge is -2.14. The number of rotatable bonds is 5. The minimum atomic E-state index is -0.408. The van der Waals surface area contributed by atoms with Crippen molar-refractivity contribution in [2.45, 2.75) is 33.7 Å². The fraction of sp³-hybridized carbons (Fsp3) is 0.227. The van der Waals surface area contributed by atoms with Crippen molar-refractivity contribution in [1.82, 2.24) is 4.57 Å². The van der Waals surface area contributed by atoms with Crippen molar-refractivity contribution in [3.63, 3.8) is 0 Å². The van der Waals surface area contributed by atoms with E-state index in [2.05, 4.69) is 18.4 Å². The number of nitrogens with zero attached hydrogens (tertiary/aromatic N) is 1. The van der Waals surface area contributed by atoms with Gasteiger partial charge in [0.15, 0.2) is 0 Å². The molecule has 3 aromatic rings. The molecule has 0 radical (unpaired) electrons. The average Bonchev–Trinajstić information content (AvgIpc) is 2.87. The number of aromatic nitrogens is 1. The van der Waals surface area contributed by atoms with Gasteiger partial charge in [0.05, 0.1) is 5.56 Å². The highest BCUT2D eigenvalue weighted by Crippen LogP contribution is 2.36. The lowest BCUT2D eigenvalue weighted by molar-refractivity contribution is 0.1000. The molecule has 0 atom stereocenters. The Morgan fingerprint density at radius 2 is 1.62 bits per heavy atom. The zero-order valence-corrected chi connectivity index (χ0v) is 15.6. The van der Waals surface area contributed by atoms with Crippen LogP contribution in [0.25, 0.3) is 11.1 Å². The van der Waals surface area contributed by atoms with E-state index in [-0.39, 0.29) is 6.04 Å². The second kappa shape index (κ2) is 7.08. The normalized spacial score (nSPS) is 11.0. The summed E-state index contributed by atoms with van der Waals surface area (Å²) in [5.74, 6) is 1.08. The van der Waals surface area contributed by atoms with E-state index in [1.165, 1.54) is 0 Å². The maximum absolute atomic E-state index is 12.2. The summed E-state index contributed by atoms with van der Waals surface area (Å²) in [4.78, 5) is 12.2. The van der Waals surface area contributed by atoms with Crippen LogP contribution in [-0.4, -0.2) is 10.5 Å². The van der Waals surface area contributed by atoms with Gasteiger partial charge in [-0.25, -0.2) is 0 Å². The summed E-state index contributed by atoms with van der Waals surface area (Å²) in [6, 6.07) is 17.6. The molecule has 4 heteroatoms. The summed E-state index contributed by atoms with van der Waals surface area (Å²) >= 11 is 0. The first-order valence-corrected chi connectivity index (χ1v) is 8.74. The van der Waals surface area contributed by atoms with Crippen LogP contribution < -0.4 is 10.5 Å². The minimum Gasteiger partial charge on any atom is -0.457 e. The van der Waals surface area contributed by atoms with Crippen molar-refractivity contribution < 1.29 is 9.53 Å². The number of carbonyl (C=O) groups excluding carboxylic acids is 1. The Morgan fingerprint density at radius 3 is 2.23 bits per heavy atom. The van der Waals surface area contributed by atoms with Gasteiger partial charge < -0.3 is 15.0 Å². The predicted molar refractivity (Wildman–Crippen MR) is 105 cm³/mol. The van der Waals surface area contributed by atoms with Gasteiger partial charge in [-0.3, -0.25) is 4.79 Å². The number of nitrogens with two attached hydrogens (primary N) is 1. The third kappa shape index (κ3) is 3.23. The Bertz CT molecular complexity index is 940. The summed E-state index contributed by atoms with van der Waals surface area (Å²) in [7, 11) is 0. The molecule has 134 valence electrons. The average molecular weight is 348 g/mol. The maximum Gasteiger partial charge on any atom is 0.251 e. The second-order valence-electron chi connectivity index (χ2n) is 6.69. The van der Waals surface area contributed by atoms with Crippen LogP contribution in [0.1, 0.15) is 41.6 Å². The van der Waals surface area contributed by atoms with Crippen LogP contribution in [0.15, 0.2) is 54.6 Å². The van der Waals surface area contributed by atoms with E-state index in [1.54, 1.807) is 0 Å². The van der Waals surface area contributed by atoms with Crippen molar-refractivity contribution in [3.8, 4) is 22.6 Å². The molecule has 2 aromatic carbocycles. The molecule has 0 spiro atoms. The maximum atomic E-state index is 12.2. The van der Waals surface area contributed by atoms with E-state index in [9.17, 15) is 4.79 Å². The molecule has 1 amide bonds. The molecule has 1 heterocycles. The standard InChI is InChI=1S/C22H24N2O2/c1-14(2)24-15(3)20(21(16(24)4)22(23)25)17-9-8-12-19(13-17)26-18-10-6-5-7-11-18/h5-14H,1-4H3,(H2,23,25). The lowest BCUT2D eigenvalue weighted by atomic mass is 10.00. The second-order valence-corrected chi connectivity index (χ2v) is 6.69. The quantitative estimate of drug-likeness (QED) is 0.685. The fourth-order valence-electron chi connectivity index (χ4n) is 3.62. The Kier molecular flexibility index (Phi) is 4.85. The van der Waals surface area contributed by atoms with Gasteiger partial charge in [0.1, 0.15) is 11.5 Å². The van der Waals surface area contributed by atoms with E-state index in [0.717, 1.165) is 34.0 Å². The molecular formula is C22H24N2O2. The summed E-state index contributed by atoms with van der Waals surface area (Å²) in [5, 5.41) is 0. The van der Waals surface area contributed by atoms with Crippen molar-refractivity contribution in [2.75, 3.05) is 0 Å². The number of carbonyl (C=O) groups is 1. The van der Waals surface area contributed by atoms with Crippen LogP contribution in [0.2, 0.25) is 0 Å². The van der Waals surface area contributed by atoms with Crippen LogP contribution in [0.4, 0.5) is 0 Å². The molecule has 0 unspecified atom stereocenters. The Morgan fingerprint density at radius 1 is 0.962 bits per heavy atom. The van der Waals surface area contributed by atoms with Crippen molar-refractivity contribution in [2.24, 2.45) is 5.73 Å². The molecule has 0 fully saturated rings. The number of ether oxygens (including phenoxy) is 1. The van der Waals surface area contributed by atoms with Crippen LogP contribution in [-0.2, 0) is 0 Å². The van der Waals surface area contributed by atoms with Crippen LogP contribution in [0.3, 0.4) is 0 Å². The monoisotopic (exact) mass is 348 g/mol. The highest BCUT2D eigenvalue weighted by molar-refractivity contribution is 6.02. The van der Waals surface area contributed by atoms with Gasteiger partial charge in [0.25, 0.3) is 5.91 Å². The number of primary amides is 1. The van der Waals surface area contributed by atoms with Gasteiger partial charge in [-0.15, -0.1) is 0 Å². The zero-order valence-electron chi connectivity index (χ0n) is 15.6. The van der Waals surface area contributed by atoms with Gasteiger partial charge in [-0.05, 0) is 57.5 Å². The number of hydrogen-bond donors (Lipinski definition) is 1. The van der Waals surface area contributed by atoms with Crippen LogP contribution >= 0.6 is 0 Å².